The molecule has 4 rings (SSSR count). The van der Waals surface area contributed by atoms with Crippen LogP contribution in [0.15, 0.2) is 121 Å². The molecule has 0 saturated carbocycles. The lowest BCUT2D eigenvalue weighted by Gasteiger charge is -2.29. The van der Waals surface area contributed by atoms with Crippen LogP contribution in [0.5, 0.6) is 5.75 Å². The molecule has 0 aliphatic heterocycles. The van der Waals surface area contributed by atoms with Gasteiger partial charge in [0.1, 0.15) is 47.8 Å². The molecule has 0 fully saturated rings. The minimum Gasteiger partial charge on any atom is -0.491 e. The van der Waals surface area contributed by atoms with Crippen molar-refractivity contribution in [2.24, 2.45) is 0 Å². The highest BCUT2D eigenvalue weighted by Gasteiger charge is 2.46. The summed E-state index contributed by atoms with van der Waals surface area (Å²) in [6.45, 7) is 0.262. The van der Waals surface area contributed by atoms with E-state index in [0.29, 0.717) is 6.16 Å². The molecular weight excluding hydrogens is 387 g/mol. The molecule has 1 N–H and O–H groups in total. The zero-order chi connectivity index (χ0) is 20.7. The first-order valence-electron chi connectivity index (χ1n) is 10.2. The Balaban J connectivity index is 1.74. The molecule has 4 aromatic rings. The summed E-state index contributed by atoms with van der Waals surface area (Å²) in [7, 11) is -2.06. The number of rotatable bonds is 8. The summed E-state index contributed by atoms with van der Waals surface area (Å²) in [5, 5.41) is 14.9. The lowest BCUT2D eigenvalue weighted by atomic mass is 10.3. The number of ether oxygens (including phenoxy) is 1. The van der Waals surface area contributed by atoms with Crippen LogP contribution < -0.4 is 20.7 Å². The standard InChI is InChI=1S/C27H26O2P/c28-23(21-29-24-13-5-1-6-14-24)22-30(25-15-7-2-8-16-25,26-17-9-3-10-18-26)27-19-11-4-12-20-27/h1-20,23,28H,21-22H2/q+1. The van der Waals surface area contributed by atoms with Gasteiger partial charge in [0.05, 0.1) is 0 Å². The summed E-state index contributed by atoms with van der Waals surface area (Å²) in [5.74, 6) is 0.777. The monoisotopic (exact) mass is 413 g/mol. The Hall–Kier alpha value is -2.93. The molecule has 1 unspecified atom stereocenters. The fourth-order valence-corrected chi connectivity index (χ4v) is 8.20. The van der Waals surface area contributed by atoms with E-state index in [2.05, 4.69) is 72.8 Å². The maximum Gasteiger partial charge on any atom is 0.123 e. The largest absolute Gasteiger partial charge is 0.491 e. The van der Waals surface area contributed by atoms with E-state index >= 15 is 0 Å². The van der Waals surface area contributed by atoms with Crippen molar-refractivity contribution in [2.75, 3.05) is 12.8 Å². The first kappa shape index (κ1) is 20.3. The van der Waals surface area contributed by atoms with Gasteiger partial charge in [0.15, 0.2) is 0 Å². The Morgan fingerprint density at radius 3 is 1.33 bits per heavy atom. The van der Waals surface area contributed by atoms with Crippen LogP contribution >= 0.6 is 7.26 Å². The Labute approximate surface area is 179 Å². The molecule has 2 nitrogen and oxygen atoms in total. The van der Waals surface area contributed by atoms with E-state index < -0.39 is 13.4 Å². The van der Waals surface area contributed by atoms with Crippen molar-refractivity contribution in [1.29, 1.82) is 0 Å². The molecule has 150 valence electrons. The molecule has 30 heavy (non-hydrogen) atoms. The van der Waals surface area contributed by atoms with Crippen LogP contribution in [0.2, 0.25) is 0 Å². The molecule has 0 heterocycles. The van der Waals surface area contributed by atoms with Gasteiger partial charge >= 0.3 is 0 Å². The van der Waals surface area contributed by atoms with Gasteiger partial charge < -0.3 is 9.84 Å². The molecule has 0 radical (unpaired) electrons. The molecular formula is C27H26O2P+. The first-order valence-corrected chi connectivity index (χ1v) is 12.2. The van der Waals surface area contributed by atoms with Crippen LogP contribution in [0.3, 0.4) is 0 Å². The molecule has 3 heteroatoms. The fraction of sp³-hybridized carbons (Fsp3) is 0.111. The average molecular weight is 413 g/mol. The highest BCUT2D eigenvalue weighted by atomic mass is 31.2. The third-order valence-electron chi connectivity index (χ3n) is 5.26. The van der Waals surface area contributed by atoms with Crippen LogP contribution in [0.4, 0.5) is 0 Å². The Kier molecular flexibility index (Phi) is 6.59. The van der Waals surface area contributed by atoms with E-state index in [4.69, 9.17) is 4.74 Å². The van der Waals surface area contributed by atoms with Crippen molar-refractivity contribution in [1.82, 2.24) is 0 Å². The third-order valence-corrected chi connectivity index (χ3v) is 9.77. The topological polar surface area (TPSA) is 29.5 Å². The number of aliphatic hydroxyl groups excluding tert-OH is 1. The summed E-state index contributed by atoms with van der Waals surface area (Å²) in [5.41, 5.74) is 0. The quantitative estimate of drug-likeness (QED) is 0.434. The highest BCUT2D eigenvalue weighted by molar-refractivity contribution is 7.95. The molecule has 4 aromatic carbocycles. The normalized spacial score (nSPS) is 12.3. The predicted molar refractivity (Wildman–Crippen MR) is 128 cm³/mol. The third kappa shape index (κ3) is 4.46. The Morgan fingerprint density at radius 1 is 0.567 bits per heavy atom. The summed E-state index contributed by atoms with van der Waals surface area (Å²) in [6, 6.07) is 41.5. The summed E-state index contributed by atoms with van der Waals surface area (Å²) in [4.78, 5) is 0. The number of hydrogen-bond acceptors (Lipinski definition) is 2. The van der Waals surface area contributed by atoms with Crippen LogP contribution in [-0.2, 0) is 0 Å². The van der Waals surface area contributed by atoms with Gasteiger partial charge in [0, 0.05) is 0 Å². The van der Waals surface area contributed by atoms with E-state index in [0.717, 1.165) is 5.75 Å². The molecule has 0 aliphatic carbocycles. The van der Waals surface area contributed by atoms with E-state index in [1.165, 1.54) is 15.9 Å². The lowest BCUT2D eigenvalue weighted by Crippen LogP contribution is -2.38. The second-order valence-corrected chi connectivity index (χ2v) is 10.8. The van der Waals surface area contributed by atoms with Crippen LogP contribution in [0.25, 0.3) is 0 Å². The van der Waals surface area contributed by atoms with Gasteiger partial charge in [-0.25, -0.2) is 0 Å². The number of benzene rings is 4. The van der Waals surface area contributed by atoms with Crippen LogP contribution in [-0.4, -0.2) is 24.0 Å². The highest BCUT2D eigenvalue weighted by Crippen LogP contribution is 2.55. The van der Waals surface area contributed by atoms with Gasteiger partial charge in [-0.05, 0) is 48.5 Å². The Bertz CT molecular complexity index is 925. The summed E-state index contributed by atoms with van der Waals surface area (Å²) in [6.07, 6.45) is 0.0249. The van der Waals surface area contributed by atoms with Gasteiger partial charge in [-0.1, -0.05) is 72.8 Å². The SMILES string of the molecule is OC(COc1ccccc1)C[P+](c1ccccc1)(c1ccccc1)c1ccccc1. The van der Waals surface area contributed by atoms with Gasteiger partial charge in [-0.15, -0.1) is 0 Å². The molecule has 0 amide bonds. The number of hydrogen-bond donors (Lipinski definition) is 1. The van der Waals surface area contributed by atoms with Crippen LogP contribution in [0, 0.1) is 0 Å². The molecule has 0 bridgehead atoms. The summed E-state index contributed by atoms with van der Waals surface area (Å²) < 4.78 is 5.89. The number of para-hydroxylation sites is 1. The van der Waals surface area contributed by atoms with Crippen molar-refractivity contribution < 1.29 is 9.84 Å². The zero-order valence-electron chi connectivity index (χ0n) is 16.8. The van der Waals surface area contributed by atoms with Crippen LogP contribution in [0.1, 0.15) is 0 Å². The van der Waals surface area contributed by atoms with E-state index in [-0.39, 0.29) is 6.61 Å². The maximum atomic E-state index is 11.1. The van der Waals surface area contributed by atoms with Crippen molar-refractivity contribution in [3.05, 3.63) is 121 Å². The smallest absolute Gasteiger partial charge is 0.123 e. The van der Waals surface area contributed by atoms with Gasteiger partial charge in [0.25, 0.3) is 0 Å². The van der Waals surface area contributed by atoms with Crippen molar-refractivity contribution in [2.45, 2.75) is 6.10 Å². The van der Waals surface area contributed by atoms with Gasteiger partial charge in [-0.3, -0.25) is 0 Å². The zero-order valence-corrected chi connectivity index (χ0v) is 17.7. The van der Waals surface area contributed by atoms with Crippen molar-refractivity contribution in [3.8, 4) is 5.75 Å². The fourth-order valence-electron chi connectivity index (χ4n) is 3.89. The Morgan fingerprint density at radius 2 is 0.933 bits per heavy atom. The van der Waals surface area contributed by atoms with E-state index in [9.17, 15) is 5.11 Å². The predicted octanol–water partition coefficient (Wildman–Crippen LogP) is 4.42. The molecule has 0 aliphatic rings. The van der Waals surface area contributed by atoms with Crippen molar-refractivity contribution >= 4 is 23.2 Å². The molecule has 0 aromatic heterocycles. The maximum absolute atomic E-state index is 11.1. The second kappa shape index (κ2) is 9.71. The first-order chi connectivity index (χ1) is 14.8. The minimum absolute atomic E-state index is 0.262. The molecule has 0 saturated heterocycles. The van der Waals surface area contributed by atoms with Crippen molar-refractivity contribution in [3.63, 3.8) is 0 Å². The van der Waals surface area contributed by atoms with Gasteiger partial charge in [0.2, 0.25) is 0 Å². The molecule has 1 atom stereocenters. The van der Waals surface area contributed by atoms with E-state index in [1.807, 2.05) is 48.5 Å². The average Bonchev–Trinajstić information content (AvgIpc) is 2.83. The molecule has 0 spiro atoms. The summed E-state index contributed by atoms with van der Waals surface area (Å²) >= 11 is 0. The minimum atomic E-state index is -2.06. The second-order valence-electron chi connectivity index (χ2n) is 7.28. The van der Waals surface area contributed by atoms with E-state index in [1.54, 1.807) is 0 Å². The lowest BCUT2D eigenvalue weighted by molar-refractivity contribution is 0.125. The van der Waals surface area contributed by atoms with Gasteiger partial charge in [-0.2, -0.15) is 0 Å². The number of aliphatic hydroxyl groups is 1.